The SMILES string of the molecule is COCC(NN)c1ccc(C)s1. The van der Waals surface area contributed by atoms with Crippen molar-refractivity contribution < 1.29 is 4.74 Å². The lowest BCUT2D eigenvalue weighted by Crippen LogP contribution is -2.30. The summed E-state index contributed by atoms with van der Waals surface area (Å²) in [6, 6.07) is 4.28. The van der Waals surface area contributed by atoms with Gasteiger partial charge in [-0.15, -0.1) is 11.3 Å². The maximum Gasteiger partial charge on any atom is 0.0786 e. The first-order valence-corrected chi connectivity index (χ1v) is 4.61. The average molecular weight is 186 g/mol. The molecule has 4 heteroatoms. The first kappa shape index (κ1) is 9.67. The van der Waals surface area contributed by atoms with Crippen molar-refractivity contribution in [2.75, 3.05) is 13.7 Å². The van der Waals surface area contributed by atoms with Crippen molar-refractivity contribution in [3.05, 3.63) is 21.9 Å². The summed E-state index contributed by atoms with van der Waals surface area (Å²) < 4.78 is 5.02. The Hall–Kier alpha value is -0.420. The summed E-state index contributed by atoms with van der Waals surface area (Å²) in [4.78, 5) is 2.51. The molecule has 0 aliphatic heterocycles. The molecule has 0 saturated carbocycles. The first-order chi connectivity index (χ1) is 5.77. The van der Waals surface area contributed by atoms with E-state index in [4.69, 9.17) is 10.6 Å². The van der Waals surface area contributed by atoms with E-state index in [-0.39, 0.29) is 6.04 Å². The lowest BCUT2D eigenvalue weighted by Gasteiger charge is -2.11. The number of ether oxygens (including phenoxy) is 1. The largest absolute Gasteiger partial charge is 0.383 e. The average Bonchev–Trinajstić information content (AvgIpc) is 2.47. The van der Waals surface area contributed by atoms with Crippen LogP contribution in [0.3, 0.4) is 0 Å². The zero-order chi connectivity index (χ0) is 8.97. The molecule has 68 valence electrons. The highest BCUT2D eigenvalue weighted by atomic mass is 32.1. The number of nitrogens with two attached hydrogens (primary N) is 1. The Labute approximate surface area is 76.5 Å². The Bertz CT molecular complexity index is 237. The summed E-state index contributed by atoms with van der Waals surface area (Å²) in [5.41, 5.74) is 2.72. The van der Waals surface area contributed by atoms with Crippen molar-refractivity contribution in [2.24, 2.45) is 5.84 Å². The van der Waals surface area contributed by atoms with Crippen LogP contribution in [0.4, 0.5) is 0 Å². The predicted octanol–water partition coefficient (Wildman–Crippen LogP) is 1.21. The predicted molar refractivity (Wildman–Crippen MR) is 51.0 cm³/mol. The number of nitrogens with one attached hydrogen (secondary N) is 1. The van der Waals surface area contributed by atoms with Crippen molar-refractivity contribution in [2.45, 2.75) is 13.0 Å². The van der Waals surface area contributed by atoms with Crippen LogP contribution in [0.5, 0.6) is 0 Å². The van der Waals surface area contributed by atoms with E-state index in [1.54, 1.807) is 18.4 Å². The van der Waals surface area contributed by atoms with Crippen LogP contribution >= 0.6 is 11.3 Å². The molecule has 0 saturated heterocycles. The molecule has 0 fully saturated rings. The Morgan fingerprint density at radius 3 is 2.83 bits per heavy atom. The van der Waals surface area contributed by atoms with E-state index in [2.05, 4.69) is 24.5 Å². The van der Waals surface area contributed by atoms with Crippen molar-refractivity contribution in [3.8, 4) is 0 Å². The van der Waals surface area contributed by atoms with Gasteiger partial charge in [-0.2, -0.15) is 0 Å². The van der Waals surface area contributed by atoms with Crippen molar-refractivity contribution >= 4 is 11.3 Å². The Morgan fingerprint density at radius 1 is 1.67 bits per heavy atom. The minimum absolute atomic E-state index is 0.119. The number of thiophene rings is 1. The lowest BCUT2D eigenvalue weighted by molar-refractivity contribution is 0.168. The third-order valence-electron chi connectivity index (χ3n) is 1.64. The van der Waals surface area contributed by atoms with Crippen LogP contribution in [0.15, 0.2) is 12.1 Å². The summed E-state index contributed by atoms with van der Waals surface area (Å²) in [6.45, 7) is 2.69. The van der Waals surface area contributed by atoms with Crippen molar-refractivity contribution in [1.82, 2.24) is 5.43 Å². The summed E-state index contributed by atoms with van der Waals surface area (Å²) in [7, 11) is 1.67. The fourth-order valence-electron chi connectivity index (χ4n) is 1.02. The summed E-state index contributed by atoms with van der Waals surface area (Å²) >= 11 is 1.74. The zero-order valence-corrected chi connectivity index (χ0v) is 8.15. The van der Waals surface area contributed by atoms with Gasteiger partial charge in [-0.25, -0.2) is 5.43 Å². The van der Waals surface area contributed by atoms with Crippen LogP contribution < -0.4 is 11.3 Å². The summed E-state index contributed by atoms with van der Waals surface area (Å²) in [5, 5.41) is 0. The zero-order valence-electron chi connectivity index (χ0n) is 7.33. The van der Waals surface area contributed by atoms with E-state index in [1.807, 2.05) is 0 Å². The molecule has 0 aliphatic carbocycles. The summed E-state index contributed by atoms with van der Waals surface area (Å²) in [6.07, 6.45) is 0. The maximum atomic E-state index is 5.38. The molecule has 0 aliphatic rings. The molecule has 1 unspecified atom stereocenters. The Balaban J connectivity index is 2.66. The molecule has 3 N–H and O–H groups in total. The quantitative estimate of drug-likeness (QED) is 0.549. The number of aryl methyl sites for hydroxylation is 1. The van der Waals surface area contributed by atoms with Crippen LogP contribution in [0, 0.1) is 6.92 Å². The second-order valence-electron chi connectivity index (χ2n) is 2.62. The van der Waals surface area contributed by atoms with Gasteiger partial charge in [-0.1, -0.05) is 0 Å². The Morgan fingerprint density at radius 2 is 2.42 bits per heavy atom. The van der Waals surface area contributed by atoms with Gasteiger partial charge in [0, 0.05) is 16.9 Å². The fraction of sp³-hybridized carbons (Fsp3) is 0.500. The Kier molecular flexibility index (Phi) is 3.68. The fourth-order valence-corrected chi connectivity index (χ4v) is 1.94. The molecule has 0 bridgehead atoms. The molecule has 0 spiro atoms. The van der Waals surface area contributed by atoms with E-state index < -0.39 is 0 Å². The van der Waals surface area contributed by atoms with E-state index >= 15 is 0 Å². The smallest absolute Gasteiger partial charge is 0.0786 e. The van der Waals surface area contributed by atoms with Gasteiger partial charge < -0.3 is 4.74 Å². The molecular formula is C8H14N2OS. The van der Waals surface area contributed by atoms with Crippen LogP contribution in [0.2, 0.25) is 0 Å². The highest BCUT2D eigenvalue weighted by Gasteiger charge is 2.10. The first-order valence-electron chi connectivity index (χ1n) is 3.79. The highest BCUT2D eigenvalue weighted by Crippen LogP contribution is 2.21. The monoisotopic (exact) mass is 186 g/mol. The van der Waals surface area contributed by atoms with Gasteiger partial charge in [0.05, 0.1) is 12.6 Å². The number of hydrazine groups is 1. The van der Waals surface area contributed by atoms with Crippen molar-refractivity contribution in [3.63, 3.8) is 0 Å². The number of methoxy groups -OCH3 is 1. The van der Waals surface area contributed by atoms with Crippen LogP contribution in [-0.2, 0) is 4.74 Å². The molecule has 3 nitrogen and oxygen atoms in total. The van der Waals surface area contributed by atoms with Crippen molar-refractivity contribution in [1.29, 1.82) is 0 Å². The maximum absolute atomic E-state index is 5.38. The van der Waals surface area contributed by atoms with E-state index in [1.165, 1.54) is 9.75 Å². The molecule has 1 aromatic heterocycles. The van der Waals surface area contributed by atoms with Crippen LogP contribution in [0.25, 0.3) is 0 Å². The number of rotatable bonds is 4. The van der Waals surface area contributed by atoms with E-state index in [0.717, 1.165) is 0 Å². The topological polar surface area (TPSA) is 47.3 Å². The van der Waals surface area contributed by atoms with Gasteiger partial charge in [-0.05, 0) is 19.1 Å². The molecule has 0 radical (unpaired) electrons. The molecule has 1 heterocycles. The van der Waals surface area contributed by atoms with Gasteiger partial charge in [0.2, 0.25) is 0 Å². The molecular weight excluding hydrogens is 172 g/mol. The third kappa shape index (κ3) is 2.28. The molecule has 1 aromatic rings. The summed E-state index contributed by atoms with van der Waals surface area (Å²) in [5.74, 6) is 5.38. The second kappa shape index (κ2) is 4.57. The van der Waals surface area contributed by atoms with Crippen LogP contribution in [-0.4, -0.2) is 13.7 Å². The number of hydrogen-bond donors (Lipinski definition) is 2. The van der Waals surface area contributed by atoms with Crippen LogP contribution in [0.1, 0.15) is 15.8 Å². The van der Waals surface area contributed by atoms with Gasteiger partial charge in [-0.3, -0.25) is 5.84 Å². The standard InChI is InChI=1S/C8H14N2OS/c1-6-3-4-8(12-6)7(10-9)5-11-2/h3-4,7,10H,5,9H2,1-2H3. The second-order valence-corrected chi connectivity index (χ2v) is 3.94. The number of hydrogen-bond acceptors (Lipinski definition) is 4. The van der Waals surface area contributed by atoms with E-state index in [0.29, 0.717) is 6.61 Å². The molecule has 0 amide bonds. The lowest BCUT2D eigenvalue weighted by atomic mass is 10.3. The minimum Gasteiger partial charge on any atom is -0.383 e. The molecule has 0 aromatic carbocycles. The minimum atomic E-state index is 0.119. The van der Waals surface area contributed by atoms with Gasteiger partial charge in [0.1, 0.15) is 0 Å². The molecule has 12 heavy (non-hydrogen) atoms. The van der Waals surface area contributed by atoms with E-state index in [9.17, 15) is 0 Å². The third-order valence-corrected chi connectivity index (χ3v) is 2.75. The van der Waals surface area contributed by atoms with Gasteiger partial charge in [0.15, 0.2) is 0 Å². The highest BCUT2D eigenvalue weighted by molar-refractivity contribution is 7.12. The normalized spacial score (nSPS) is 13.2. The molecule has 1 atom stereocenters. The van der Waals surface area contributed by atoms with Gasteiger partial charge >= 0.3 is 0 Å². The van der Waals surface area contributed by atoms with Gasteiger partial charge in [0.25, 0.3) is 0 Å². The molecule has 1 rings (SSSR count).